The van der Waals surface area contributed by atoms with Gasteiger partial charge in [0.05, 0.1) is 7.11 Å². The molecule has 2 rings (SSSR count). The number of ether oxygens (including phenoxy) is 1. The Kier molecular flexibility index (Phi) is 4.48. The Morgan fingerprint density at radius 3 is 2.94 bits per heavy atom. The zero-order chi connectivity index (χ0) is 13.0. The molecule has 0 radical (unpaired) electrons. The minimum atomic E-state index is 0.712. The summed E-state index contributed by atoms with van der Waals surface area (Å²) in [6.07, 6.45) is 6.25. The molecule has 1 aromatic rings. The Bertz CT molecular complexity index is 392. The van der Waals surface area contributed by atoms with Crippen molar-refractivity contribution < 1.29 is 4.74 Å². The predicted molar refractivity (Wildman–Crippen MR) is 76.0 cm³/mol. The Morgan fingerprint density at radius 2 is 2.22 bits per heavy atom. The number of nitrogen functional groups attached to an aromatic ring is 1. The molecule has 0 aliphatic carbocycles. The quantitative estimate of drug-likeness (QED) is 0.833. The Balaban J connectivity index is 1.96. The van der Waals surface area contributed by atoms with Gasteiger partial charge in [0, 0.05) is 11.7 Å². The summed E-state index contributed by atoms with van der Waals surface area (Å²) in [5.74, 6) is 0.899. The molecule has 1 heterocycles. The summed E-state index contributed by atoms with van der Waals surface area (Å²) in [6, 6.07) is 6.65. The molecule has 0 saturated carbocycles. The molecule has 1 aromatic carbocycles. The largest absolute Gasteiger partial charge is 0.497 e. The third-order valence-electron chi connectivity index (χ3n) is 4.02. The molecule has 1 saturated heterocycles. The summed E-state index contributed by atoms with van der Waals surface area (Å²) >= 11 is 0. The van der Waals surface area contributed by atoms with E-state index in [9.17, 15) is 0 Å². The fourth-order valence-corrected chi connectivity index (χ4v) is 2.76. The van der Waals surface area contributed by atoms with Crippen LogP contribution < -0.4 is 10.5 Å². The highest BCUT2D eigenvalue weighted by Gasteiger charge is 2.18. The molecule has 1 aliphatic rings. The molecule has 3 heteroatoms. The van der Waals surface area contributed by atoms with E-state index in [0.717, 1.165) is 17.9 Å². The third kappa shape index (κ3) is 3.16. The Labute approximate surface area is 110 Å². The van der Waals surface area contributed by atoms with Crippen LogP contribution in [-0.4, -0.2) is 31.6 Å². The summed E-state index contributed by atoms with van der Waals surface area (Å²) in [4.78, 5) is 2.49. The van der Waals surface area contributed by atoms with E-state index in [1.807, 2.05) is 12.1 Å². The van der Waals surface area contributed by atoms with Gasteiger partial charge in [0.15, 0.2) is 0 Å². The predicted octanol–water partition coefficient (Wildman–Crippen LogP) is 2.69. The first-order valence-corrected chi connectivity index (χ1v) is 6.83. The van der Waals surface area contributed by atoms with Gasteiger partial charge in [-0.15, -0.1) is 0 Å². The van der Waals surface area contributed by atoms with Crippen LogP contribution >= 0.6 is 0 Å². The van der Waals surface area contributed by atoms with Crippen molar-refractivity contribution in [1.82, 2.24) is 4.90 Å². The van der Waals surface area contributed by atoms with E-state index in [-0.39, 0.29) is 0 Å². The van der Waals surface area contributed by atoms with Crippen molar-refractivity contribution in [3.8, 4) is 5.75 Å². The molecule has 0 unspecified atom stereocenters. The topological polar surface area (TPSA) is 38.5 Å². The number of anilines is 1. The van der Waals surface area contributed by atoms with Crippen molar-refractivity contribution in [2.24, 2.45) is 0 Å². The molecule has 0 amide bonds. The van der Waals surface area contributed by atoms with Crippen LogP contribution in [0.3, 0.4) is 0 Å². The van der Waals surface area contributed by atoms with E-state index in [4.69, 9.17) is 10.5 Å². The van der Waals surface area contributed by atoms with Gasteiger partial charge in [-0.3, -0.25) is 0 Å². The van der Waals surface area contributed by atoms with E-state index < -0.39 is 0 Å². The third-order valence-corrected chi connectivity index (χ3v) is 4.02. The van der Waals surface area contributed by atoms with Crippen molar-refractivity contribution in [2.75, 3.05) is 26.4 Å². The molecule has 18 heavy (non-hydrogen) atoms. The number of hydrogen-bond acceptors (Lipinski definition) is 3. The van der Waals surface area contributed by atoms with Gasteiger partial charge in [-0.2, -0.15) is 0 Å². The van der Waals surface area contributed by atoms with Gasteiger partial charge < -0.3 is 15.4 Å². The van der Waals surface area contributed by atoms with E-state index in [2.05, 4.69) is 18.0 Å². The Morgan fingerprint density at radius 1 is 1.39 bits per heavy atom. The molecule has 0 aromatic heterocycles. The van der Waals surface area contributed by atoms with E-state index in [1.54, 1.807) is 7.11 Å². The lowest BCUT2D eigenvalue weighted by molar-refractivity contribution is 0.176. The summed E-state index contributed by atoms with van der Waals surface area (Å²) in [7, 11) is 3.93. The summed E-state index contributed by atoms with van der Waals surface area (Å²) in [6.45, 7) is 1.23. The molecular weight excluding hydrogens is 224 g/mol. The van der Waals surface area contributed by atoms with Gasteiger partial charge in [-0.05, 0) is 63.0 Å². The number of likely N-dealkylation sites (tertiary alicyclic amines) is 1. The lowest BCUT2D eigenvalue weighted by atomic mass is 9.96. The van der Waals surface area contributed by atoms with E-state index in [0.29, 0.717) is 6.04 Å². The number of aryl methyl sites for hydroxylation is 1. The molecule has 1 fully saturated rings. The van der Waals surface area contributed by atoms with Crippen molar-refractivity contribution >= 4 is 5.69 Å². The summed E-state index contributed by atoms with van der Waals surface area (Å²) < 4.78 is 5.26. The summed E-state index contributed by atoms with van der Waals surface area (Å²) in [5.41, 5.74) is 8.12. The van der Waals surface area contributed by atoms with Gasteiger partial charge in [-0.1, -0.05) is 6.42 Å². The van der Waals surface area contributed by atoms with Crippen molar-refractivity contribution in [3.63, 3.8) is 0 Å². The molecule has 1 atom stereocenters. The fraction of sp³-hybridized carbons (Fsp3) is 0.600. The molecule has 0 bridgehead atoms. The highest BCUT2D eigenvalue weighted by Crippen LogP contribution is 2.24. The average Bonchev–Trinajstić information content (AvgIpc) is 2.39. The van der Waals surface area contributed by atoms with Crippen molar-refractivity contribution in [2.45, 2.75) is 38.1 Å². The SMILES string of the molecule is COc1ccc(N)c(CC[C@H]2CCCCN2C)c1. The second-order valence-electron chi connectivity index (χ2n) is 5.23. The van der Waals surface area contributed by atoms with Gasteiger partial charge in [-0.25, -0.2) is 0 Å². The number of piperidine rings is 1. The van der Waals surface area contributed by atoms with E-state index >= 15 is 0 Å². The maximum atomic E-state index is 6.03. The number of nitrogens with two attached hydrogens (primary N) is 1. The van der Waals surface area contributed by atoms with Gasteiger partial charge in [0.2, 0.25) is 0 Å². The minimum absolute atomic E-state index is 0.712. The van der Waals surface area contributed by atoms with Gasteiger partial charge >= 0.3 is 0 Å². The maximum Gasteiger partial charge on any atom is 0.119 e. The van der Waals surface area contributed by atoms with Crippen LogP contribution in [-0.2, 0) is 6.42 Å². The molecule has 0 spiro atoms. The van der Waals surface area contributed by atoms with Crippen LogP contribution in [0.4, 0.5) is 5.69 Å². The van der Waals surface area contributed by atoms with Crippen molar-refractivity contribution in [1.29, 1.82) is 0 Å². The van der Waals surface area contributed by atoms with Crippen LogP contribution in [0.5, 0.6) is 5.75 Å². The highest BCUT2D eigenvalue weighted by molar-refractivity contribution is 5.50. The van der Waals surface area contributed by atoms with Crippen LogP contribution in [0.1, 0.15) is 31.2 Å². The van der Waals surface area contributed by atoms with Crippen molar-refractivity contribution in [3.05, 3.63) is 23.8 Å². The fourth-order valence-electron chi connectivity index (χ4n) is 2.76. The lowest BCUT2D eigenvalue weighted by Gasteiger charge is -2.32. The number of rotatable bonds is 4. The zero-order valence-corrected chi connectivity index (χ0v) is 11.5. The minimum Gasteiger partial charge on any atom is -0.497 e. The van der Waals surface area contributed by atoms with Crippen LogP contribution in [0.25, 0.3) is 0 Å². The van der Waals surface area contributed by atoms with Crippen LogP contribution in [0.2, 0.25) is 0 Å². The first-order chi connectivity index (χ1) is 8.70. The van der Waals surface area contributed by atoms with Crippen LogP contribution in [0, 0.1) is 0 Å². The highest BCUT2D eigenvalue weighted by atomic mass is 16.5. The zero-order valence-electron chi connectivity index (χ0n) is 11.5. The molecule has 100 valence electrons. The molecule has 3 nitrogen and oxygen atoms in total. The monoisotopic (exact) mass is 248 g/mol. The Hall–Kier alpha value is -1.22. The second-order valence-corrected chi connectivity index (χ2v) is 5.23. The summed E-state index contributed by atoms with van der Waals surface area (Å²) in [5, 5.41) is 0. The first kappa shape index (κ1) is 13.2. The van der Waals surface area contributed by atoms with Crippen LogP contribution in [0.15, 0.2) is 18.2 Å². The number of methoxy groups -OCH3 is 1. The normalized spacial score (nSPS) is 20.9. The first-order valence-electron chi connectivity index (χ1n) is 6.83. The average molecular weight is 248 g/mol. The van der Waals surface area contributed by atoms with Gasteiger partial charge in [0.25, 0.3) is 0 Å². The van der Waals surface area contributed by atoms with Gasteiger partial charge in [0.1, 0.15) is 5.75 Å². The molecule has 2 N–H and O–H groups in total. The second kappa shape index (κ2) is 6.10. The maximum absolute atomic E-state index is 6.03. The smallest absolute Gasteiger partial charge is 0.119 e. The standard InChI is InChI=1S/C15H24N2O/c1-17-10-4-3-5-13(17)7-6-12-11-14(18-2)8-9-15(12)16/h8-9,11,13H,3-7,10,16H2,1-2H3/t13-/m1/s1. The number of nitrogens with zero attached hydrogens (tertiary/aromatic N) is 1. The van der Waals surface area contributed by atoms with E-state index in [1.165, 1.54) is 37.8 Å². The number of benzene rings is 1. The molecular formula is C15H24N2O. The molecule has 1 aliphatic heterocycles. The lowest BCUT2D eigenvalue weighted by Crippen LogP contribution is -2.36. The number of hydrogen-bond donors (Lipinski definition) is 1.